The molecule has 0 spiro atoms. The van der Waals surface area contributed by atoms with Crippen LogP contribution >= 0.6 is 0 Å². The van der Waals surface area contributed by atoms with Gasteiger partial charge in [0.1, 0.15) is 0 Å². The van der Waals surface area contributed by atoms with Gasteiger partial charge in [-0.2, -0.15) is 0 Å². The zero-order valence-corrected chi connectivity index (χ0v) is 11.9. The summed E-state index contributed by atoms with van der Waals surface area (Å²) in [5.41, 5.74) is 0. The molecule has 1 unspecified atom stereocenters. The molecule has 4 nitrogen and oxygen atoms in total. The van der Waals surface area contributed by atoms with Gasteiger partial charge in [0.15, 0.2) is 0 Å². The van der Waals surface area contributed by atoms with Crippen LogP contribution in [0.3, 0.4) is 0 Å². The Hall–Kier alpha value is -0.610. The van der Waals surface area contributed by atoms with Crippen LogP contribution in [0, 0.1) is 0 Å². The first-order valence-corrected chi connectivity index (χ1v) is 7.95. The molecule has 2 N–H and O–H groups in total. The van der Waals surface area contributed by atoms with Crippen LogP contribution in [0.15, 0.2) is 0 Å². The van der Waals surface area contributed by atoms with Gasteiger partial charge in [-0.15, -0.1) is 0 Å². The van der Waals surface area contributed by atoms with Crippen LogP contribution in [0.5, 0.6) is 0 Å². The summed E-state index contributed by atoms with van der Waals surface area (Å²) in [6.07, 6.45) is 11.0. The Morgan fingerprint density at radius 1 is 1.11 bits per heavy atom. The maximum Gasteiger partial charge on any atom is 0.304 e. The molecule has 19 heavy (non-hydrogen) atoms. The normalized spacial score (nSPS) is 27.1. The predicted molar refractivity (Wildman–Crippen MR) is 76.3 cm³/mol. The summed E-state index contributed by atoms with van der Waals surface area (Å²) in [6.45, 7) is 2.96. The number of carboxylic acid groups (broad SMARTS) is 1. The molecule has 110 valence electrons. The average Bonchev–Trinajstić information content (AvgIpc) is 2.67. The lowest BCUT2D eigenvalue weighted by molar-refractivity contribution is -0.136. The van der Waals surface area contributed by atoms with E-state index >= 15 is 0 Å². The lowest BCUT2D eigenvalue weighted by Gasteiger charge is -2.38. The fourth-order valence-electron chi connectivity index (χ4n) is 3.51. The summed E-state index contributed by atoms with van der Waals surface area (Å²) >= 11 is 0. The summed E-state index contributed by atoms with van der Waals surface area (Å²) in [6, 6.07) is 1.28. The molecule has 1 atom stereocenters. The monoisotopic (exact) mass is 268 g/mol. The molecular formula is C15H28N2O2. The number of piperidine rings is 1. The SMILES string of the molecule is O=C(O)CCNC1CCCN(C2CCCCCC2)C1. The van der Waals surface area contributed by atoms with E-state index < -0.39 is 5.97 Å². The molecule has 2 rings (SSSR count). The first-order chi connectivity index (χ1) is 9.25. The van der Waals surface area contributed by atoms with Gasteiger partial charge in [0.25, 0.3) is 0 Å². The lowest BCUT2D eigenvalue weighted by atomic mass is 10.00. The average molecular weight is 268 g/mol. The summed E-state index contributed by atoms with van der Waals surface area (Å²) in [4.78, 5) is 13.2. The van der Waals surface area contributed by atoms with Crippen molar-refractivity contribution in [3.05, 3.63) is 0 Å². The standard InChI is InChI=1S/C15H28N2O2/c18-15(19)9-10-16-13-6-5-11-17(12-13)14-7-3-1-2-4-8-14/h13-14,16H,1-12H2,(H,18,19). The summed E-state index contributed by atoms with van der Waals surface area (Å²) in [5, 5.41) is 12.1. The van der Waals surface area contributed by atoms with E-state index in [1.807, 2.05) is 0 Å². The van der Waals surface area contributed by atoms with E-state index in [1.165, 1.54) is 57.9 Å². The summed E-state index contributed by atoms with van der Waals surface area (Å²) in [7, 11) is 0. The van der Waals surface area contributed by atoms with Gasteiger partial charge in [-0.3, -0.25) is 9.69 Å². The zero-order chi connectivity index (χ0) is 13.5. The van der Waals surface area contributed by atoms with Gasteiger partial charge in [-0.1, -0.05) is 25.7 Å². The summed E-state index contributed by atoms with van der Waals surface area (Å²) < 4.78 is 0. The predicted octanol–water partition coefficient (Wildman–Crippen LogP) is 2.24. The smallest absolute Gasteiger partial charge is 0.304 e. The third-order valence-corrected chi connectivity index (χ3v) is 4.57. The molecule has 1 saturated carbocycles. The van der Waals surface area contributed by atoms with Crippen LogP contribution in [-0.4, -0.2) is 47.7 Å². The number of aliphatic carboxylic acids is 1. The molecule has 1 aliphatic heterocycles. The molecule has 0 aromatic carbocycles. The van der Waals surface area contributed by atoms with Crippen molar-refractivity contribution in [2.24, 2.45) is 0 Å². The van der Waals surface area contributed by atoms with Crippen molar-refractivity contribution >= 4 is 5.97 Å². The minimum atomic E-state index is -0.705. The molecule has 2 fully saturated rings. The minimum absolute atomic E-state index is 0.236. The van der Waals surface area contributed by atoms with Gasteiger partial charge < -0.3 is 10.4 Å². The van der Waals surface area contributed by atoms with E-state index in [-0.39, 0.29) is 6.42 Å². The van der Waals surface area contributed by atoms with Gasteiger partial charge in [0.2, 0.25) is 0 Å². The van der Waals surface area contributed by atoms with Crippen LogP contribution in [0.25, 0.3) is 0 Å². The highest BCUT2D eigenvalue weighted by Gasteiger charge is 2.25. The summed E-state index contributed by atoms with van der Waals surface area (Å²) in [5.74, 6) is -0.705. The number of carboxylic acids is 1. The minimum Gasteiger partial charge on any atom is -0.481 e. The van der Waals surface area contributed by atoms with Gasteiger partial charge >= 0.3 is 5.97 Å². The van der Waals surface area contributed by atoms with Gasteiger partial charge in [-0.05, 0) is 32.2 Å². The fourth-order valence-corrected chi connectivity index (χ4v) is 3.51. The topological polar surface area (TPSA) is 52.6 Å². The number of carbonyl (C=O) groups is 1. The van der Waals surface area contributed by atoms with E-state index in [0.717, 1.165) is 12.6 Å². The quantitative estimate of drug-likeness (QED) is 0.751. The van der Waals surface area contributed by atoms with Crippen molar-refractivity contribution in [3.63, 3.8) is 0 Å². The van der Waals surface area contributed by atoms with Crippen molar-refractivity contribution < 1.29 is 9.90 Å². The molecule has 0 bridgehead atoms. The van der Waals surface area contributed by atoms with Gasteiger partial charge in [0, 0.05) is 25.2 Å². The molecule has 1 aliphatic carbocycles. The largest absolute Gasteiger partial charge is 0.481 e. The molecule has 0 radical (unpaired) electrons. The Morgan fingerprint density at radius 2 is 1.84 bits per heavy atom. The molecule has 0 amide bonds. The van der Waals surface area contributed by atoms with Crippen molar-refractivity contribution in [1.82, 2.24) is 10.2 Å². The number of rotatable bonds is 5. The molecular weight excluding hydrogens is 240 g/mol. The van der Waals surface area contributed by atoms with Crippen LogP contribution < -0.4 is 5.32 Å². The number of hydrogen-bond donors (Lipinski definition) is 2. The van der Waals surface area contributed by atoms with Gasteiger partial charge in [0.05, 0.1) is 6.42 Å². The molecule has 4 heteroatoms. The van der Waals surface area contributed by atoms with Crippen LogP contribution in [0.4, 0.5) is 0 Å². The zero-order valence-electron chi connectivity index (χ0n) is 11.9. The maximum absolute atomic E-state index is 10.5. The van der Waals surface area contributed by atoms with Crippen molar-refractivity contribution in [3.8, 4) is 0 Å². The van der Waals surface area contributed by atoms with Crippen molar-refractivity contribution in [2.75, 3.05) is 19.6 Å². The molecule has 0 aromatic heterocycles. The Kier molecular flexibility index (Phi) is 6.11. The maximum atomic E-state index is 10.5. The Morgan fingerprint density at radius 3 is 2.53 bits per heavy atom. The van der Waals surface area contributed by atoms with E-state index in [2.05, 4.69) is 10.2 Å². The number of nitrogens with zero attached hydrogens (tertiary/aromatic N) is 1. The van der Waals surface area contributed by atoms with E-state index in [4.69, 9.17) is 5.11 Å². The molecule has 0 aromatic rings. The number of nitrogens with one attached hydrogen (secondary N) is 1. The second kappa shape index (κ2) is 7.85. The van der Waals surface area contributed by atoms with Crippen LogP contribution in [-0.2, 0) is 4.79 Å². The highest BCUT2D eigenvalue weighted by molar-refractivity contribution is 5.66. The molecule has 1 saturated heterocycles. The second-order valence-corrected chi connectivity index (χ2v) is 6.08. The van der Waals surface area contributed by atoms with E-state index in [9.17, 15) is 4.79 Å². The van der Waals surface area contributed by atoms with E-state index in [0.29, 0.717) is 12.6 Å². The first-order valence-electron chi connectivity index (χ1n) is 7.95. The Bertz CT molecular complexity index is 275. The highest BCUT2D eigenvalue weighted by Crippen LogP contribution is 2.24. The fraction of sp³-hybridized carbons (Fsp3) is 0.933. The number of hydrogen-bond acceptors (Lipinski definition) is 3. The Balaban J connectivity index is 1.74. The van der Waals surface area contributed by atoms with Gasteiger partial charge in [-0.25, -0.2) is 0 Å². The van der Waals surface area contributed by atoms with E-state index in [1.54, 1.807) is 0 Å². The lowest BCUT2D eigenvalue weighted by Crippen LogP contribution is -2.49. The third kappa shape index (κ3) is 5.11. The Labute approximate surface area is 116 Å². The van der Waals surface area contributed by atoms with Crippen molar-refractivity contribution in [1.29, 1.82) is 0 Å². The second-order valence-electron chi connectivity index (χ2n) is 6.08. The van der Waals surface area contributed by atoms with Crippen molar-refractivity contribution in [2.45, 2.75) is 69.9 Å². The number of likely N-dealkylation sites (tertiary alicyclic amines) is 1. The first kappa shape index (κ1) is 14.8. The third-order valence-electron chi connectivity index (χ3n) is 4.57. The van der Waals surface area contributed by atoms with Crippen LogP contribution in [0.2, 0.25) is 0 Å². The molecule has 1 heterocycles. The van der Waals surface area contributed by atoms with Crippen LogP contribution in [0.1, 0.15) is 57.8 Å². The molecule has 2 aliphatic rings. The highest BCUT2D eigenvalue weighted by atomic mass is 16.4.